The summed E-state index contributed by atoms with van der Waals surface area (Å²) in [6.07, 6.45) is 6.49. The van der Waals surface area contributed by atoms with E-state index >= 15 is 0 Å². The van der Waals surface area contributed by atoms with Crippen LogP contribution < -0.4 is 0 Å². The first-order valence-corrected chi connectivity index (χ1v) is 4.16. The summed E-state index contributed by atoms with van der Waals surface area (Å²) < 4.78 is 0. The van der Waals surface area contributed by atoms with Crippen LogP contribution in [0.15, 0.2) is 28.9 Å². The highest BCUT2D eigenvalue weighted by atomic mass is 16.1. The Labute approximate surface area is 72.7 Å². The second-order valence-electron chi connectivity index (χ2n) is 3.22. The lowest BCUT2D eigenvalue weighted by molar-refractivity contribution is 0.534. The first-order chi connectivity index (χ1) is 5.74. The largest absolute Gasteiger partial charge is 0.240 e. The molecule has 0 bridgehead atoms. The molecule has 0 radical (unpaired) electrons. The third-order valence-electron chi connectivity index (χ3n) is 2.27. The van der Waals surface area contributed by atoms with E-state index in [1.54, 1.807) is 6.08 Å². The number of isocyanates is 1. The van der Waals surface area contributed by atoms with Crippen LogP contribution in [0, 0.1) is 5.92 Å². The fourth-order valence-corrected chi connectivity index (χ4v) is 1.43. The number of carbonyl (C=O) groups excluding carboxylic acids is 1. The summed E-state index contributed by atoms with van der Waals surface area (Å²) in [4.78, 5) is 13.5. The monoisotopic (exact) mass is 163 g/mol. The topological polar surface area (TPSA) is 29.4 Å². The van der Waals surface area contributed by atoms with E-state index in [-0.39, 0.29) is 0 Å². The third kappa shape index (κ3) is 2.18. The quantitative estimate of drug-likeness (QED) is 0.349. The van der Waals surface area contributed by atoms with Crippen LogP contribution in [0.25, 0.3) is 0 Å². The van der Waals surface area contributed by atoms with Gasteiger partial charge in [-0.3, -0.25) is 0 Å². The average Bonchev–Trinajstić information content (AvgIpc) is 2.06. The van der Waals surface area contributed by atoms with Crippen molar-refractivity contribution in [2.45, 2.75) is 26.2 Å². The standard InChI is InChI=1S/C10H13NO/c1-8(2)9-3-5-10(6-4-9)11-7-12/h5,9H,1,3-4,6H2,2H3/t9-/m1/s1. The second-order valence-corrected chi connectivity index (χ2v) is 3.22. The van der Waals surface area contributed by atoms with Crippen LogP contribution in [-0.2, 0) is 4.79 Å². The van der Waals surface area contributed by atoms with Crippen molar-refractivity contribution in [3.63, 3.8) is 0 Å². The van der Waals surface area contributed by atoms with Crippen molar-refractivity contribution in [2.75, 3.05) is 0 Å². The summed E-state index contributed by atoms with van der Waals surface area (Å²) in [6, 6.07) is 0. The highest BCUT2D eigenvalue weighted by Gasteiger charge is 2.13. The summed E-state index contributed by atoms with van der Waals surface area (Å²) >= 11 is 0. The van der Waals surface area contributed by atoms with Gasteiger partial charge in [0.05, 0.1) is 0 Å². The minimum atomic E-state index is 0.579. The highest BCUT2D eigenvalue weighted by molar-refractivity contribution is 5.37. The molecule has 1 atom stereocenters. The molecule has 1 aliphatic rings. The number of rotatable bonds is 2. The maximum absolute atomic E-state index is 9.94. The summed E-state index contributed by atoms with van der Waals surface area (Å²) in [6.45, 7) is 5.96. The molecule has 0 aliphatic heterocycles. The average molecular weight is 163 g/mol. The molecule has 64 valence electrons. The van der Waals surface area contributed by atoms with Crippen molar-refractivity contribution in [2.24, 2.45) is 10.9 Å². The molecule has 0 aromatic carbocycles. The Bertz CT molecular complexity index is 259. The van der Waals surface area contributed by atoms with Crippen molar-refractivity contribution in [3.05, 3.63) is 23.9 Å². The Morgan fingerprint density at radius 1 is 1.83 bits per heavy atom. The van der Waals surface area contributed by atoms with Crippen molar-refractivity contribution < 1.29 is 4.79 Å². The van der Waals surface area contributed by atoms with E-state index < -0.39 is 0 Å². The molecule has 0 N–H and O–H groups in total. The Morgan fingerprint density at radius 3 is 3.00 bits per heavy atom. The van der Waals surface area contributed by atoms with Gasteiger partial charge in [-0.05, 0) is 32.1 Å². The Hall–Kier alpha value is -1.14. The fraction of sp³-hybridized carbons (Fsp3) is 0.500. The smallest absolute Gasteiger partial charge is 0.211 e. The summed E-state index contributed by atoms with van der Waals surface area (Å²) in [7, 11) is 0. The molecule has 0 spiro atoms. The van der Waals surface area contributed by atoms with Gasteiger partial charge in [0.1, 0.15) is 0 Å². The summed E-state index contributed by atoms with van der Waals surface area (Å²) in [5.74, 6) is 0.579. The van der Waals surface area contributed by atoms with Crippen molar-refractivity contribution in [1.82, 2.24) is 0 Å². The van der Waals surface area contributed by atoms with Crippen LogP contribution in [0.1, 0.15) is 26.2 Å². The number of aliphatic imine (C=N–C) groups is 1. The first-order valence-electron chi connectivity index (χ1n) is 4.16. The van der Waals surface area contributed by atoms with Gasteiger partial charge in [-0.25, -0.2) is 4.79 Å². The van der Waals surface area contributed by atoms with Crippen LogP contribution >= 0.6 is 0 Å². The van der Waals surface area contributed by atoms with E-state index in [0.717, 1.165) is 25.0 Å². The predicted molar refractivity (Wildman–Crippen MR) is 48.4 cm³/mol. The molecule has 0 unspecified atom stereocenters. The molecule has 1 rings (SSSR count). The minimum Gasteiger partial charge on any atom is -0.211 e. The molecule has 2 nitrogen and oxygen atoms in total. The molecule has 0 saturated carbocycles. The van der Waals surface area contributed by atoms with Gasteiger partial charge in [-0.2, -0.15) is 4.99 Å². The van der Waals surface area contributed by atoms with Gasteiger partial charge in [0.2, 0.25) is 6.08 Å². The summed E-state index contributed by atoms with van der Waals surface area (Å²) in [5.41, 5.74) is 2.10. The first kappa shape index (κ1) is 8.95. The van der Waals surface area contributed by atoms with Crippen molar-refractivity contribution in [3.8, 4) is 0 Å². The Morgan fingerprint density at radius 2 is 2.58 bits per heavy atom. The number of hydrogen-bond acceptors (Lipinski definition) is 2. The molecule has 0 aromatic heterocycles. The highest BCUT2D eigenvalue weighted by Crippen LogP contribution is 2.28. The molecule has 1 aliphatic carbocycles. The van der Waals surface area contributed by atoms with Crippen LogP contribution in [0.2, 0.25) is 0 Å². The van der Waals surface area contributed by atoms with E-state index in [1.807, 2.05) is 13.0 Å². The van der Waals surface area contributed by atoms with Gasteiger partial charge in [-0.15, -0.1) is 0 Å². The zero-order valence-corrected chi connectivity index (χ0v) is 7.34. The number of nitrogens with zero attached hydrogens (tertiary/aromatic N) is 1. The minimum absolute atomic E-state index is 0.579. The van der Waals surface area contributed by atoms with Crippen LogP contribution in [0.5, 0.6) is 0 Å². The third-order valence-corrected chi connectivity index (χ3v) is 2.27. The van der Waals surface area contributed by atoms with Crippen LogP contribution in [0.3, 0.4) is 0 Å². The summed E-state index contributed by atoms with van der Waals surface area (Å²) in [5, 5.41) is 0. The van der Waals surface area contributed by atoms with E-state index in [0.29, 0.717) is 5.92 Å². The molecule has 0 aromatic rings. The predicted octanol–water partition coefficient (Wildman–Crippen LogP) is 2.58. The zero-order chi connectivity index (χ0) is 8.97. The van der Waals surface area contributed by atoms with Crippen LogP contribution in [-0.4, -0.2) is 6.08 Å². The van der Waals surface area contributed by atoms with E-state index in [9.17, 15) is 4.79 Å². The Kier molecular flexibility index (Phi) is 3.01. The maximum atomic E-state index is 9.94. The molecular weight excluding hydrogens is 150 g/mol. The lowest BCUT2D eigenvalue weighted by atomic mass is 9.88. The fourth-order valence-electron chi connectivity index (χ4n) is 1.43. The van der Waals surface area contributed by atoms with Gasteiger partial charge in [0.25, 0.3) is 0 Å². The second kappa shape index (κ2) is 4.03. The van der Waals surface area contributed by atoms with E-state index in [1.165, 1.54) is 5.57 Å². The molecular formula is C10H13NO. The van der Waals surface area contributed by atoms with Gasteiger partial charge in [-0.1, -0.05) is 18.2 Å². The zero-order valence-electron chi connectivity index (χ0n) is 7.34. The van der Waals surface area contributed by atoms with Crippen LogP contribution in [0.4, 0.5) is 0 Å². The van der Waals surface area contributed by atoms with Crippen molar-refractivity contribution >= 4 is 6.08 Å². The van der Waals surface area contributed by atoms with Gasteiger partial charge in [0.15, 0.2) is 0 Å². The lowest BCUT2D eigenvalue weighted by Gasteiger charge is -2.19. The van der Waals surface area contributed by atoms with Gasteiger partial charge >= 0.3 is 0 Å². The van der Waals surface area contributed by atoms with Crippen molar-refractivity contribution in [1.29, 1.82) is 0 Å². The maximum Gasteiger partial charge on any atom is 0.240 e. The molecule has 0 heterocycles. The molecule has 12 heavy (non-hydrogen) atoms. The molecule has 0 saturated heterocycles. The SMILES string of the molecule is C=C(C)[C@@H]1CC=C(N=C=O)CC1. The lowest BCUT2D eigenvalue weighted by Crippen LogP contribution is -2.05. The number of allylic oxidation sites excluding steroid dienone is 3. The van der Waals surface area contributed by atoms with E-state index in [4.69, 9.17) is 0 Å². The van der Waals surface area contributed by atoms with Gasteiger partial charge < -0.3 is 0 Å². The van der Waals surface area contributed by atoms with Gasteiger partial charge in [0, 0.05) is 5.70 Å². The molecule has 2 heteroatoms. The Balaban J connectivity index is 2.58. The van der Waals surface area contributed by atoms with E-state index in [2.05, 4.69) is 11.6 Å². The number of hydrogen-bond donors (Lipinski definition) is 0. The molecule has 0 amide bonds. The normalized spacial score (nSPS) is 22.4. The molecule has 0 fully saturated rings.